The first-order valence-electron chi connectivity index (χ1n) is 18.3. The predicted molar refractivity (Wildman–Crippen MR) is 211 cm³/mol. The van der Waals surface area contributed by atoms with E-state index in [4.69, 9.17) is 0 Å². The number of rotatable bonds is 13. The molecule has 4 aromatic carbocycles. The van der Waals surface area contributed by atoms with Crippen LogP contribution in [0.25, 0.3) is 6.08 Å². The highest BCUT2D eigenvalue weighted by atomic mass is 32.2. The number of ketones is 1. The SMILES string of the molecule is CCC(=O)/C=C/c1ccc(C(CC)(CC)c2ccc(O)c(C)c2)cc1C.CCC(CC)(c1ccc(O)c(C)c1)c1ccc(OS(=O)(=O)C(F)(F)F)c(C)c1. The number of phenolic OH excluding ortho intramolecular Hbond substituents is 2. The first kappa shape index (κ1) is 43.8. The largest absolute Gasteiger partial charge is 0.534 e. The Kier molecular flexibility index (Phi) is 14.4. The van der Waals surface area contributed by atoms with Gasteiger partial charge in [-0.1, -0.05) is 95.3 Å². The van der Waals surface area contributed by atoms with Crippen LogP contribution >= 0.6 is 0 Å². The molecular formula is C44H53F3O6S. The Morgan fingerprint density at radius 1 is 0.630 bits per heavy atom. The van der Waals surface area contributed by atoms with E-state index in [1.54, 1.807) is 37.3 Å². The summed E-state index contributed by atoms with van der Waals surface area (Å²) in [4.78, 5) is 11.6. The van der Waals surface area contributed by atoms with E-state index in [2.05, 4.69) is 49.2 Å². The molecule has 0 bridgehead atoms. The fourth-order valence-electron chi connectivity index (χ4n) is 7.04. The summed E-state index contributed by atoms with van der Waals surface area (Å²) in [6, 6.07) is 22.3. The Morgan fingerprint density at radius 2 is 1.02 bits per heavy atom. The van der Waals surface area contributed by atoms with Crippen molar-refractivity contribution in [1.29, 1.82) is 0 Å². The van der Waals surface area contributed by atoms with Gasteiger partial charge in [-0.25, -0.2) is 0 Å². The number of aromatic hydroxyl groups is 2. The van der Waals surface area contributed by atoms with E-state index in [0.717, 1.165) is 40.7 Å². The average molecular weight is 767 g/mol. The molecule has 0 aliphatic heterocycles. The minimum absolute atomic E-state index is 0.0787. The van der Waals surface area contributed by atoms with Crippen molar-refractivity contribution in [2.45, 2.75) is 111 Å². The molecule has 0 aliphatic rings. The molecule has 0 fully saturated rings. The highest BCUT2D eigenvalue weighted by molar-refractivity contribution is 7.88. The summed E-state index contributed by atoms with van der Waals surface area (Å²) in [5, 5.41) is 19.7. The molecule has 0 aromatic heterocycles. The van der Waals surface area contributed by atoms with Gasteiger partial charge < -0.3 is 14.4 Å². The molecule has 0 amide bonds. The van der Waals surface area contributed by atoms with Crippen molar-refractivity contribution < 1.29 is 40.8 Å². The lowest BCUT2D eigenvalue weighted by Crippen LogP contribution is -2.29. The number of carbonyl (C=O) groups is 1. The van der Waals surface area contributed by atoms with Gasteiger partial charge in [-0.2, -0.15) is 21.6 Å². The molecule has 10 heteroatoms. The van der Waals surface area contributed by atoms with E-state index in [1.165, 1.54) is 29.7 Å². The molecule has 4 rings (SSSR count). The van der Waals surface area contributed by atoms with Crippen molar-refractivity contribution in [1.82, 2.24) is 0 Å². The minimum atomic E-state index is -5.72. The number of hydrogen-bond donors (Lipinski definition) is 2. The van der Waals surface area contributed by atoms with Crippen LogP contribution in [0.4, 0.5) is 13.2 Å². The van der Waals surface area contributed by atoms with Gasteiger partial charge in [0.05, 0.1) is 0 Å². The van der Waals surface area contributed by atoms with Crippen LogP contribution in [0.3, 0.4) is 0 Å². The number of alkyl halides is 3. The molecule has 4 aromatic rings. The average Bonchev–Trinajstić information content (AvgIpc) is 3.13. The quantitative estimate of drug-likeness (QED) is 0.0798. The second-order valence-electron chi connectivity index (χ2n) is 13.8. The standard InChI is InChI=1S/C24H30O2.C20H23F3O4S/c1-6-22(25)13-10-19-9-11-20(15-17(19)4)24(7-2,8-3)21-12-14-23(26)18(5)16-21;1-5-19(6-2,15-7-9-17(24)13(3)11-15)16-8-10-18(14(4)12-16)27-28(25,26)20(21,22)23/h9-16,26H,6-8H2,1-5H3;7-12,24H,5-6H2,1-4H3/b13-10+;. The first-order valence-corrected chi connectivity index (χ1v) is 19.7. The molecule has 0 heterocycles. The Morgan fingerprint density at radius 3 is 1.37 bits per heavy atom. The lowest BCUT2D eigenvalue weighted by molar-refractivity contribution is -0.114. The maximum Gasteiger partial charge on any atom is 0.534 e. The van der Waals surface area contributed by atoms with Crippen molar-refractivity contribution in [2.24, 2.45) is 0 Å². The lowest BCUT2D eigenvalue weighted by Gasteiger charge is -2.34. The molecule has 0 aliphatic carbocycles. The number of carbonyl (C=O) groups excluding carboxylic acids is 1. The molecule has 0 unspecified atom stereocenters. The molecular weight excluding hydrogens is 714 g/mol. The number of hydrogen-bond acceptors (Lipinski definition) is 6. The van der Waals surface area contributed by atoms with Gasteiger partial charge in [0.25, 0.3) is 0 Å². The van der Waals surface area contributed by atoms with Crippen LogP contribution in [-0.4, -0.2) is 29.9 Å². The third-order valence-electron chi connectivity index (χ3n) is 10.7. The molecule has 0 saturated heterocycles. The number of phenols is 2. The molecule has 0 radical (unpaired) electrons. The highest BCUT2D eigenvalue weighted by Crippen LogP contribution is 2.43. The number of aryl methyl sites for hydroxylation is 4. The summed E-state index contributed by atoms with van der Waals surface area (Å²) >= 11 is 0. The highest BCUT2D eigenvalue weighted by Gasteiger charge is 2.48. The zero-order valence-corrected chi connectivity index (χ0v) is 33.5. The summed E-state index contributed by atoms with van der Waals surface area (Å²) < 4.78 is 64.6. The van der Waals surface area contributed by atoms with E-state index in [1.807, 2.05) is 52.0 Å². The third kappa shape index (κ3) is 9.38. The Balaban J connectivity index is 0.000000291. The van der Waals surface area contributed by atoms with E-state index in [0.29, 0.717) is 25.0 Å². The normalized spacial score (nSPS) is 12.4. The van der Waals surface area contributed by atoms with Crippen LogP contribution < -0.4 is 4.18 Å². The van der Waals surface area contributed by atoms with Gasteiger partial charge in [-0.05, 0) is 128 Å². The van der Waals surface area contributed by atoms with Crippen LogP contribution in [0.2, 0.25) is 0 Å². The Bertz CT molecular complexity index is 2070. The molecule has 2 N–H and O–H groups in total. The third-order valence-corrected chi connectivity index (χ3v) is 11.7. The van der Waals surface area contributed by atoms with Crippen LogP contribution in [-0.2, 0) is 25.7 Å². The van der Waals surface area contributed by atoms with Crippen LogP contribution in [0, 0.1) is 27.7 Å². The monoisotopic (exact) mass is 766 g/mol. The summed E-state index contributed by atoms with van der Waals surface area (Å²) in [6.07, 6.45) is 7.48. The Labute approximate surface area is 318 Å². The second kappa shape index (κ2) is 17.7. The smallest absolute Gasteiger partial charge is 0.508 e. The second-order valence-corrected chi connectivity index (χ2v) is 15.3. The fourth-order valence-corrected chi connectivity index (χ4v) is 7.56. The van der Waals surface area contributed by atoms with Crippen LogP contribution in [0.5, 0.6) is 17.2 Å². The summed E-state index contributed by atoms with van der Waals surface area (Å²) in [5.41, 5.74) is 2.47. The van der Waals surface area contributed by atoms with Crippen molar-refractivity contribution >= 4 is 22.0 Å². The molecule has 292 valence electrons. The van der Waals surface area contributed by atoms with E-state index in [-0.39, 0.29) is 28.3 Å². The van der Waals surface area contributed by atoms with Crippen molar-refractivity contribution in [3.05, 3.63) is 129 Å². The number of halogens is 3. The van der Waals surface area contributed by atoms with Crippen molar-refractivity contribution in [3.63, 3.8) is 0 Å². The van der Waals surface area contributed by atoms with Gasteiger partial charge in [-0.15, -0.1) is 0 Å². The number of allylic oxidation sites excluding steroid dienone is 1. The topological polar surface area (TPSA) is 101 Å². The molecule has 0 saturated carbocycles. The van der Waals surface area contributed by atoms with Gasteiger partial charge in [-0.3, -0.25) is 4.79 Å². The summed E-state index contributed by atoms with van der Waals surface area (Å²) in [6.45, 7) is 17.6. The fraction of sp³-hybridized carbons (Fsp3) is 0.386. The van der Waals surface area contributed by atoms with E-state index in [9.17, 15) is 36.6 Å². The van der Waals surface area contributed by atoms with Gasteiger partial charge in [0.1, 0.15) is 17.2 Å². The molecule has 0 atom stereocenters. The van der Waals surface area contributed by atoms with Gasteiger partial charge in [0, 0.05) is 17.3 Å². The maximum atomic E-state index is 12.6. The van der Waals surface area contributed by atoms with Crippen LogP contribution in [0.15, 0.2) is 78.9 Å². The zero-order valence-electron chi connectivity index (χ0n) is 32.7. The van der Waals surface area contributed by atoms with E-state index >= 15 is 0 Å². The Hall–Kier alpha value is -4.57. The first-order chi connectivity index (χ1) is 25.2. The molecule has 54 heavy (non-hydrogen) atoms. The van der Waals surface area contributed by atoms with Gasteiger partial charge in [0.15, 0.2) is 5.78 Å². The minimum Gasteiger partial charge on any atom is -0.508 e. The summed E-state index contributed by atoms with van der Waals surface area (Å²) in [5.74, 6) is 0.308. The summed E-state index contributed by atoms with van der Waals surface area (Å²) in [7, 11) is -5.72. The van der Waals surface area contributed by atoms with Crippen LogP contribution in [0.1, 0.15) is 117 Å². The van der Waals surface area contributed by atoms with E-state index < -0.39 is 21.0 Å². The molecule has 6 nitrogen and oxygen atoms in total. The van der Waals surface area contributed by atoms with Crippen molar-refractivity contribution in [3.8, 4) is 17.2 Å². The predicted octanol–water partition coefficient (Wildman–Crippen LogP) is 11.5. The van der Waals surface area contributed by atoms with Gasteiger partial charge in [0.2, 0.25) is 0 Å². The maximum absolute atomic E-state index is 12.6. The molecule has 0 spiro atoms. The number of benzene rings is 4. The van der Waals surface area contributed by atoms with Crippen molar-refractivity contribution in [2.75, 3.05) is 0 Å². The van der Waals surface area contributed by atoms with Gasteiger partial charge >= 0.3 is 15.6 Å². The lowest BCUT2D eigenvalue weighted by atomic mass is 9.70. The zero-order chi connectivity index (χ0) is 40.6.